The summed E-state index contributed by atoms with van der Waals surface area (Å²) in [4.78, 5) is 11.9. The number of aliphatic hydroxyl groups is 1. The molecule has 0 aliphatic carbocycles. The highest BCUT2D eigenvalue weighted by atomic mass is 16.3. The summed E-state index contributed by atoms with van der Waals surface area (Å²) < 4.78 is 0. The lowest BCUT2D eigenvalue weighted by Gasteiger charge is -2.10. The Labute approximate surface area is 121 Å². The van der Waals surface area contributed by atoms with Gasteiger partial charge < -0.3 is 10.4 Å². The number of nitrogens with one attached hydrogen (secondary N) is 1. The maximum Gasteiger partial charge on any atom is 0.251 e. The number of rotatable bonds is 6. The van der Waals surface area contributed by atoms with Crippen molar-refractivity contribution in [2.45, 2.75) is 45.6 Å². The second-order valence-corrected chi connectivity index (χ2v) is 4.90. The van der Waals surface area contributed by atoms with E-state index in [0.717, 1.165) is 18.4 Å². The van der Waals surface area contributed by atoms with Crippen LogP contribution >= 0.6 is 0 Å². The molecule has 0 aliphatic heterocycles. The van der Waals surface area contributed by atoms with Crippen LogP contribution in [0.1, 0.15) is 55.5 Å². The van der Waals surface area contributed by atoms with Gasteiger partial charge >= 0.3 is 0 Å². The predicted octanol–water partition coefficient (Wildman–Crippen LogP) is 2.73. The maximum atomic E-state index is 11.9. The minimum atomic E-state index is -0.244. The van der Waals surface area contributed by atoms with Crippen LogP contribution in [-0.2, 0) is 0 Å². The van der Waals surface area contributed by atoms with Crippen molar-refractivity contribution < 1.29 is 9.90 Å². The highest BCUT2D eigenvalue weighted by molar-refractivity contribution is 5.94. The van der Waals surface area contributed by atoms with Crippen molar-refractivity contribution in [1.82, 2.24) is 5.32 Å². The largest absolute Gasteiger partial charge is 0.394 e. The number of carbonyl (C=O) groups excluding carboxylic acids is 1. The van der Waals surface area contributed by atoms with Gasteiger partial charge in [-0.3, -0.25) is 4.79 Å². The number of unbranched alkanes of at least 4 members (excludes halogenated alkanes) is 3. The van der Waals surface area contributed by atoms with Gasteiger partial charge in [-0.25, -0.2) is 0 Å². The molecule has 1 aromatic carbocycles. The average Bonchev–Trinajstić information content (AvgIpc) is 2.47. The fourth-order valence-corrected chi connectivity index (χ4v) is 1.72. The summed E-state index contributed by atoms with van der Waals surface area (Å²) in [5.74, 6) is 6.04. The molecule has 0 heterocycles. The lowest BCUT2D eigenvalue weighted by Crippen LogP contribution is -2.34. The second kappa shape index (κ2) is 9.17. The van der Waals surface area contributed by atoms with Crippen molar-refractivity contribution in [3.8, 4) is 11.8 Å². The Bertz CT molecular complexity index is 485. The molecule has 1 amide bonds. The third-order valence-corrected chi connectivity index (χ3v) is 2.91. The van der Waals surface area contributed by atoms with Gasteiger partial charge in [0.15, 0.2) is 0 Å². The van der Waals surface area contributed by atoms with Crippen molar-refractivity contribution in [1.29, 1.82) is 0 Å². The molecule has 1 unspecified atom stereocenters. The number of carbonyl (C=O) groups is 1. The van der Waals surface area contributed by atoms with Crippen molar-refractivity contribution in [2.24, 2.45) is 0 Å². The van der Waals surface area contributed by atoms with E-state index in [-0.39, 0.29) is 18.6 Å². The van der Waals surface area contributed by atoms with E-state index in [0.29, 0.717) is 5.56 Å². The second-order valence-electron chi connectivity index (χ2n) is 4.90. The van der Waals surface area contributed by atoms with Gasteiger partial charge in [-0.1, -0.05) is 37.7 Å². The molecule has 0 fully saturated rings. The zero-order chi connectivity index (χ0) is 14.8. The van der Waals surface area contributed by atoms with Gasteiger partial charge in [0.25, 0.3) is 5.91 Å². The van der Waals surface area contributed by atoms with E-state index >= 15 is 0 Å². The first-order valence-corrected chi connectivity index (χ1v) is 7.18. The molecule has 108 valence electrons. The highest BCUT2D eigenvalue weighted by Crippen LogP contribution is 2.05. The maximum absolute atomic E-state index is 11.9. The molecule has 0 saturated carbocycles. The standard InChI is InChI=1S/C17H23NO2/c1-3-4-5-6-7-9-15-10-8-11-16(12-15)17(20)18-14(2)13-19/h8,10-12,14,19H,3-6,13H2,1-2H3,(H,18,20). The minimum absolute atomic E-state index is 0.0668. The number of benzene rings is 1. The summed E-state index contributed by atoms with van der Waals surface area (Å²) in [6.45, 7) is 3.86. The molecule has 0 radical (unpaired) electrons. The summed E-state index contributed by atoms with van der Waals surface area (Å²) >= 11 is 0. The number of amides is 1. The molecule has 20 heavy (non-hydrogen) atoms. The predicted molar refractivity (Wildman–Crippen MR) is 81.5 cm³/mol. The molecule has 0 spiro atoms. The van der Waals surface area contributed by atoms with Gasteiger partial charge in [0.2, 0.25) is 0 Å². The Hall–Kier alpha value is -1.79. The van der Waals surface area contributed by atoms with Crippen LogP contribution in [0, 0.1) is 11.8 Å². The fraction of sp³-hybridized carbons (Fsp3) is 0.471. The number of hydrogen-bond donors (Lipinski definition) is 2. The Kier molecular flexibility index (Phi) is 7.46. The Morgan fingerprint density at radius 2 is 2.20 bits per heavy atom. The summed E-state index contributed by atoms with van der Waals surface area (Å²) in [7, 11) is 0. The molecule has 1 aromatic rings. The van der Waals surface area contributed by atoms with Crippen LogP contribution in [0.5, 0.6) is 0 Å². The molecule has 2 N–H and O–H groups in total. The zero-order valence-electron chi connectivity index (χ0n) is 12.3. The molecule has 0 bridgehead atoms. The van der Waals surface area contributed by atoms with Crippen molar-refractivity contribution >= 4 is 5.91 Å². The van der Waals surface area contributed by atoms with Gasteiger partial charge in [-0.05, 0) is 31.5 Å². The van der Waals surface area contributed by atoms with Crippen molar-refractivity contribution in [3.63, 3.8) is 0 Å². The smallest absolute Gasteiger partial charge is 0.251 e. The Morgan fingerprint density at radius 1 is 1.40 bits per heavy atom. The number of aliphatic hydroxyl groups excluding tert-OH is 1. The number of hydrogen-bond acceptors (Lipinski definition) is 2. The highest BCUT2D eigenvalue weighted by Gasteiger charge is 2.08. The summed E-state index contributed by atoms with van der Waals surface area (Å²) in [5, 5.41) is 11.7. The van der Waals surface area contributed by atoms with E-state index in [1.165, 1.54) is 12.8 Å². The zero-order valence-corrected chi connectivity index (χ0v) is 12.3. The third-order valence-electron chi connectivity index (χ3n) is 2.91. The first-order chi connectivity index (χ1) is 9.67. The van der Waals surface area contributed by atoms with Gasteiger partial charge in [-0.15, -0.1) is 0 Å². The van der Waals surface area contributed by atoms with E-state index in [9.17, 15) is 4.79 Å². The van der Waals surface area contributed by atoms with E-state index < -0.39 is 0 Å². The molecule has 3 heteroatoms. The van der Waals surface area contributed by atoms with E-state index in [2.05, 4.69) is 24.1 Å². The van der Waals surface area contributed by atoms with Crippen LogP contribution in [-0.4, -0.2) is 23.7 Å². The molecular weight excluding hydrogens is 250 g/mol. The lowest BCUT2D eigenvalue weighted by molar-refractivity contribution is 0.0922. The first-order valence-electron chi connectivity index (χ1n) is 7.18. The van der Waals surface area contributed by atoms with E-state index in [1.807, 2.05) is 12.1 Å². The van der Waals surface area contributed by atoms with Crippen LogP contribution in [0.3, 0.4) is 0 Å². The van der Waals surface area contributed by atoms with Gasteiger partial charge in [0.1, 0.15) is 0 Å². The average molecular weight is 273 g/mol. The minimum Gasteiger partial charge on any atom is -0.394 e. The fourth-order valence-electron chi connectivity index (χ4n) is 1.72. The quantitative estimate of drug-likeness (QED) is 0.618. The summed E-state index contributed by atoms with van der Waals surface area (Å²) in [5.41, 5.74) is 1.43. The molecule has 3 nitrogen and oxygen atoms in total. The third kappa shape index (κ3) is 5.90. The van der Waals surface area contributed by atoms with Gasteiger partial charge in [-0.2, -0.15) is 0 Å². The normalized spacial score (nSPS) is 11.3. The topological polar surface area (TPSA) is 49.3 Å². The molecule has 0 saturated heterocycles. The van der Waals surface area contributed by atoms with Crippen LogP contribution in [0.4, 0.5) is 0 Å². The molecule has 0 aromatic heterocycles. The van der Waals surface area contributed by atoms with Crippen LogP contribution in [0.2, 0.25) is 0 Å². The molecular formula is C17H23NO2. The van der Waals surface area contributed by atoms with Crippen molar-refractivity contribution in [2.75, 3.05) is 6.61 Å². The molecule has 1 atom stereocenters. The lowest BCUT2D eigenvalue weighted by atomic mass is 10.1. The van der Waals surface area contributed by atoms with Crippen LogP contribution in [0.25, 0.3) is 0 Å². The summed E-state index contributed by atoms with van der Waals surface area (Å²) in [6, 6.07) is 7.02. The monoisotopic (exact) mass is 273 g/mol. The van der Waals surface area contributed by atoms with Crippen LogP contribution in [0.15, 0.2) is 24.3 Å². The molecule has 1 rings (SSSR count). The first kappa shape index (κ1) is 16.3. The van der Waals surface area contributed by atoms with Gasteiger partial charge in [0, 0.05) is 23.6 Å². The van der Waals surface area contributed by atoms with Crippen LogP contribution < -0.4 is 5.32 Å². The van der Waals surface area contributed by atoms with E-state index in [1.54, 1.807) is 19.1 Å². The van der Waals surface area contributed by atoms with Gasteiger partial charge in [0.05, 0.1) is 6.61 Å². The summed E-state index contributed by atoms with van der Waals surface area (Å²) in [6.07, 6.45) is 4.42. The Morgan fingerprint density at radius 3 is 2.90 bits per heavy atom. The van der Waals surface area contributed by atoms with E-state index in [4.69, 9.17) is 5.11 Å². The molecule has 0 aliphatic rings. The Balaban J connectivity index is 2.63. The SMILES string of the molecule is CCCCCC#Cc1cccc(C(=O)NC(C)CO)c1. The van der Waals surface area contributed by atoms with Crippen molar-refractivity contribution in [3.05, 3.63) is 35.4 Å².